The van der Waals surface area contributed by atoms with Crippen LogP contribution in [-0.4, -0.2) is 20.0 Å². The number of hydrogen-bond donors (Lipinski definition) is 1. The first-order valence-corrected chi connectivity index (χ1v) is 5.33. The van der Waals surface area contributed by atoms with E-state index < -0.39 is 0 Å². The van der Waals surface area contributed by atoms with Gasteiger partial charge in [0.15, 0.2) is 0 Å². The molecule has 0 saturated heterocycles. The molecule has 0 fully saturated rings. The highest BCUT2D eigenvalue weighted by molar-refractivity contribution is 5.89. The van der Waals surface area contributed by atoms with Gasteiger partial charge in [-0.15, -0.1) is 5.10 Å². The monoisotopic (exact) mass is 225 g/mol. The van der Waals surface area contributed by atoms with Crippen LogP contribution in [0.2, 0.25) is 0 Å². The minimum atomic E-state index is 0.395. The topological polar surface area (TPSA) is 69.6 Å². The molecule has 84 valence electrons. The van der Waals surface area contributed by atoms with E-state index in [1.54, 1.807) is 10.9 Å². The van der Waals surface area contributed by atoms with Crippen LogP contribution in [0.3, 0.4) is 0 Å². The summed E-state index contributed by atoms with van der Waals surface area (Å²) in [5, 5.41) is 10.2. The first-order chi connectivity index (χ1) is 8.38. The Morgan fingerprint density at radius 1 is 1.24 bits per heavy atom. The molecule has 3 rings (SSSR count). The van der Waals surface area contributed by atoms with E-state index in [1.165, 1.54) is 0 Å². The maximum Gasteiger partial charge on any atom is 0.0967 e. The maximum absolute atomic E-state index is 5.53. The van der Waals surface area contributed by atoms with Crippen molar-refractivity contribution in [3.05, 3.63) is 48.5 Å². The van der Waals surface area contributed by atoms with E-state index in [4.69, 9.17) is 5.73 Å². The summed E-state index contributed by atoms with van der Waals surface area (Å²) in [6.07, 6.45) is 5.45. The number of nitrogens with two attached hydrogens (primary N) is 1. The van der Waals surface area contributed by atoms with Crippen LogP contribution >= 0.6 is 0 Å². The summed E-state index contributed by atoms with van der Waals surface area (Å²) in [4.78, 5) is 4.10. The number of aromatic nitrogens is 4. The van der Waals surface area contributed by atoms with E-state index in [9.17, 15) is 0 Å². The lowest BCUT2D eigenvalue weighted by Gasteiger charge is -2.04. The molecule has 17 heavy (non-hydrogen) atoms. The fraction of sp³-hybridized carbons (Fsp3) is 0.0833. The standard InChI is InChI=1S/C12H11N5/c13-6-10-8-17(16-15-10)12-3-1-2-9-7-14-5-4-11(9)12/h1-5,7-8H,6,13H2. The van der Waals surface area contributed by atoms with Gasteiger partial charge in [0.2, 0.25) is 0 Å². The number of rotatable bonds is 2. The minimum Gasteiger partial charge on any atom is -0.325 e. The highest BCUT2D eigenvalue weighted by Gasteiger charge is 2.05. The van der Waals surface area contributed by atoms with Crippen LogP contribution in [0.25, 0.3) is 16.5 Å². The summed E-state index contributed by atoms with van der Waals surface area (Å²) < 4.78 is 1.74. The summed E-state index contributed by atoms with van der Waals surface area (Å²) >= 11 is 0. The zero-order valence-electron chi connectivity index (χ0n) is 9.11. The molecule has 0 aliphatic heterocycles. The molecule has 0 aliphatic carbocycles. The Hall–Kier alpha value is -2.27. The van der Waals surface area contributed by atoms with Gasteiger partial charge in [-0.05, 0) is 12.1 Å². The van der Waals surface area contributed by atoms with Gasteiger partial charge >= 0.3 is 0 Å². The van der Waals surface area contributed by atoms with E-state index in [1.807, 2.05) is 36.7 Å². The van der Waals surface area contributed by atoms with E-state index in [-0.39, 0.29) is 0 Å². The van der Waals surface area contributed by atoms with Crippen molar-refractivity contribution in [2.75, 3.05) is 0 Å². The largest absolute Gasteiger partial charge is 0.325 e. The van der Waals surface area contributed by atoms with Crippen molar-refractivity contribution in [3.8, 4) is 5.69 Å². The molecule has 5 heteroatoms. The number of nitrogens with zero attached hydrogens (tertiary/aromatic N) is 4. The van der Waals surface area contributed by atoms with Gasteiger partial charge in [0, 0.05) is 29.7 Å². The summed E-state index contributed by atoms with van der Waals surface area (Å²) in [5.41, 5.74) is 7.29. The Morgan fingerprint density at radius 2 is 2.18 bits per heavy atom. The van der Waals surface area contributed by atoms with Crippen molar-refractivity contribution in [2.24, 2.45) is 5.73 Å². The molecule has 0 spiro atoms. The molecule has 0 aliphatic rings. The van der Waals surface area contributed by atoms with Crippen LogP contribution in [0.15, 0.2) is 42.9 Å². The van der Waals surface area contributed by atoms with Gasteiger partial charge < -0.3 is 5.73 Å². The van der Waals surface area contributed by atoms with Crippen molar-refractivity contribution in [3.63, 3.8) is 0 Å². The molecule has 0 atom stereocenters. The van der Waals surface area contributed by atoms with Gasteiger partial charge in [0.1, 0.15) is 0 Å². The molecular formula is C12H11N5. The third-order valence-electron chi connectivity index (χ3n) is 2.65. The fourth-order valence-corrected chi connectivity index (χ4v) is 1.81. The van der Waals surface area contributed by atoms with E-state index >= 15 is 0 Å². The van der Waals surface area contributed by atoms with E-state index in [2.05, 4.69) is 15.3 Å². The Kier molecular flexibility index (Phi) is 2.31. The highest BCUT2D eigenvalue weighted by Crippen LogP contribution is 2.20. The minimum absolute atomic E-state index is 0.395. The van der Waals surface area contributed by atoms with E-state index in [0.717, 1.165) is 22.2 Å². The van der Waals surface area contributed by atoms with Crippen LogP contribution in [0, 0.1) is 0 Å². The van der Waals surface area contributed by atoms with Gasteiger partial charge in [-0.2, -0.15) is 0 Å². The van der Waals surface area contributed by atoms with Crippen molar-refractivity contribution >= 4 is 10.8 Å². The molecule has 2 heterocycles. The Balaban J connectivity index is 2.23. The molecule has 5 nitrogen and oxygen atoms in total. The van der Waals surface area contributed by atoms with Gasteiger partial charge in [-0.25, -0.2) is 4.68 Å². The molecule has 1 aromatic carbocycles. The molecule has 0 amide bonds. The maximum atomic E-state index is 5.53. The number of pyridine rings is 1. The average molecular weight is 225 g/mol. The summed E-state index contributed by atoms with van der Waals surface area (Å²) in [6.45, 7) is 0.395. The fourth-order valence-electron chi connectivity index (χ4n) is 1.81. The Bertz CT molecular complexity index is 653. The lowest BCUT2D eigenvalue weighted by molar-refractivity contribution is 0.801. The van der Waals surface area contributed by atoms with Crippen LogP contribution in [-0.2, 0) is 6.54 Å². The third kappa shape index (κ3) is 1.66. The zero-order valence-corrected chi connectivity index (χ0v) is 9.11. The lowest BCUT2D eigenvalue weighted by Crippen LogP contribution is -1.96. The lowest BCUT2D eigenvalue weighted by atomic mass is 10.1. The quantitative estimate of drug-likeness (QED) is 0.713. The molecule has 2 aromatic heterocycles. The molecule has 2 N–H and O–H groups in total. The van der Waals surface area contributed by atoms with Gasteiger partial charge in [-0.1, -0.05) is 17.3 Å². The normalized spacial score (nSPS) is 10.9. The van der Waals surface area contributed by atoms with Crippen molar-refractivity contribution < 1.29 is 0 Å². The predicted octanol–water partition coefficient (Wildman–Crippen LogP) is 1.27. The summed E-state index contributed by atoms with van der Waals surface area (Å²) in [6, 6.07) is 7.96. The van der Waals surface area contributed by atoms with Gasteiger partial charge in [-0.3, -0.25) is 4.98 Å². The zero-order chi connectivity index (χ0) is 11.7. The molecule has 0 unspecified atom stereocenters. The number of benzene rings is 1. The average Bonchev–Trinajstić information content (AvgIpc) is 2.87. The van der Waals surface area contributed by atoms with Crippen LogP contribution in [0.5, 0.6) is 0 Å². The van der Waals surface area contributed by atoms with Gasteiger partial charge in [0.25, 0.3) is 0 Å². The second-order valence-corrected chi connectivity index (χ2v) is 3.73. The molecule has 0 bridgehead atoms. The smallest absolute Gasteiger partial charge is 0.0967 e. The molecular weight excluding hydrogens is 214 g/mol. The second kappa shape index (κ2) is 3.95. The van der Waals surface area contributed by atoms with Crippen LogP contribution in [0.1, 0.15) is 5.69 Å². The number of fused-ring (bicyclic) bond motifs is 1. The Morgan fingerprint density at radius 3 is 3.00 bits per heavy atom. The van der Waals surface area contributed by atoms with Gasteiger partial charge in [0.05, 0.1) is 17.6 Å². The van der Waals surface area contributed by atoms with Crippen LogP contribution < -0.4 is 5.73 Å². The van der Waals surface area contributed by atoms with Crippen LogP contribution in [0.4, 0.5) is 0 Å². The molecule has 0 saturated carbocycles. The molecule has 3 aromatic rings. The SMILES string of the molecule is NCc1cn(-c2cccc3cnccc23)nn1. The van der Waals surface area contributed by atoms with E-state index in [0.29, 0.717) is 6.54 Å². The first kappa shape index (κ1) is 9.92. The third-order valence-corrected chi connectivity index (χ3v) is 2.65. The number of hydrogen-bond acceptors (Lipinski definition) is 4. The predicted molar refractivity (Wildman–Crippen MR) is 64.6 cm³/mol. The summed E-state index contributed by atoms with van der Waals surface area (Å²) in [5.74, 6) is 0. The van der Waals surface area contributed by atoms with Crippen molar-refractivity contribution in [1.29, 1.82) is 0 Å². The molecule has 0 radical (unpaired) electrons. The first-order valence-electron chi connectivity index (χ1n) is 5.33. The Labute approximate surface area is 97.9 Å². The van der Waals surface area contributed by atoms with Crippen molar-refractivity contribution in [1.82, 2.24) is 20.0 Å². The van der Waals surface area contributed by atoms with Crippen molar-refractivity contribution in [2.45, 2.75) is 6.54 Å². The highest BCUT2D eigenvalue weighted by atomic mass is 15.4. The summed E-state index contributed by atoms with van der Waals surface area (Å²) in [7, 11) is 0. The second-order valence-electron chi connectivity index (χ2n) is 3.73.